The Hall–Kier alpha value is -1.75. The summed E-state index contributed by atoms with van der Waals surface area (Å²) >= 11 is 18.4. The van der Waals surface area contributed by atoms with Gasteiger partial charge in [-0.1, -0.05) is 35.3 Å². The third kappa shape index (κ3) is 4.09. The van der Waals surface area contributed by atoms with Crippen molar-refractivity contribution in [3.05, 3.63) is 57.8 Å². The summed E-state index contributed by atoms with van der Waals surface area (Å²) in [6.07, 6.45) is 0. The number of aromatic nitrogens is 2. The van der Waals surface area contributed by atoms with Crippen molar-refractivity contribution in [1.29, 1.82) is 0 Å². The summed E-state index contributed by atoms with van der Waals surface area (Å²) in [5, 5.41) is 5.22. The monoisotopic (exact) mass is 395 g/mol. The molecule has 0 saturated carbocycles. The molecule has 0 aliphatic heterocycles. The highest BCUT2D eigenvalue weighted by molar-refractivity contribution is 6.37. The fourth-order valence-corrected chi connectivity index (χ4v) is 3.26. The van der Waals surface area contributed by atoms with Gasteiger partial charge in [0.25, 0.3) is 0 Å². The van der Waals surface area contributed by atoms with Crippen molar-refractivity contribution in [1.82, 2.24) is 9.97 Å². The minimum absolute atomic E-state index is 0.250. The number of rotatable bonds is 6. The third-order valence-electron chi connectivity index (χ3n) is 3.58. The Bertz CT molecular complexity index is 879. The van der Waals surface area contributed by atoms with Crippen molar-refractivity contribution in [3.63, 3.8) is 0 Å². The number of ether oxygens (including phenoxy) is 1. The maximum atomic E-state index is 6.26. The van der Waals surface area contributed by atoms with E-state index in [1.165, 1.54) is 0 Å². The Balaban J connectivity index is 1.88. The lowest BCUT2D eigenvalue weighted by Gasteiger charge is -2.13. The lowest BCUT2D eigenvalue weighted by Crippen LogP contribution is -2.05. The van der Waals surface area contributed by atoms with E-state index in [1.807, 2.05) is 43.3 Å². The van der Waals surface area contributed by atoms with E-state index >= 15 is 0 Å². The summed E-state index contributed by atoms with van der Waals surface area (Å²) in [6, 6.07) is 11.4. The molecule has 25 heavy (non-hydrogen) atoms. The predicted molar refractivity (Wildman–Crippen MR) is 104 cm³/mol. The van der Waals surface area contributed by atoms with Gasteiger partial charge >= 0.3 is 0 Å². The van der Waals surface area contributed by atoms with Gasteiger partial charge in [-0.05, 0) is 36.8 Å². The van der Waals surface area contributed by atoms with Gasteiger partial charge < -0.3 is 10.1 Å². The molecule has 0 amide bonds. The fraction of sp³-hybridized carbons (Fsp3) is 0.222. The molecule has 1 aromatic heterocycles. The molecule has 0 saturated heterocycles. The van der Waals surface area contributed by atoms with Crippen LogP contribution in [0.5, 0.6) is 5.75 Å². The molecular weight excluding hydrogens is 381 g/mol. The van der Waals surface area contributed by atoms with Crippen LogP contribution in [0.1, 0.15) is 18.3 Å². The fourth-order valence-electron chi connectivity index (χ4n) is 2.50. The van der Waals surface area contributed by atoms with E-state index in [1.54, 1.807) is 0 Å². The molecule has 0 unspecified atom stereocenters. The van der Waals surface area contributed by atoms with Crippen molar-refractivity contribution in [3.8, 4) is 5.75 Å². The van der Waals surface area contributed by atoms with Gasteiger partial charge in [0.2, 0.25) is 0 Å². The van der Waals surface area contributed by atoms with E-state index in [2.05, 4.69) is 15.3 Å². The maximum Gasteiger partial charge on any atom is 0.156 e. The average molecular weight is 397 g/mol. The molecule has 7 heteroatoms. The van der Waals surface area contributed by atoms with Gasteiger partial charge in [0.05, 0.1) is 28.0 Å². The lowest BCUT2D eigenvalue weighted by molar-refractivity contribution is 0.340. The van der Waals surface area contributed by atoms with Gasteiger partial charge in [-0.3, -0.25) is 0 Å². The minimum Gasteiger partial charge on any atom is -0.491 e. The molecule has 0 bridgehead atoms. The van der Waals surface area contributed by atoms with E-state index in [9.17, 15) is 0 Å². The summed E-state index contributed by atoms with van der Waals surface area (Å²) in [5.41, 5.74) is 1.77. The Labute approximate surface area is 161 Å². The van der Waals surface area contributed by atoms with E-state index in [4.69, 9.17) is 39.5 Å². The van der Waals surface area contributed by atoms with E-state index in [0.29, 0.717) is 34.8 Å². The number of para-hydroxylation sites is 1. The highest BCUT2D eigenvalue weighted by Crippen LogP contribution is 2.34. The van der Waals surface area contributed by atoms with Gasteiger partial charge in [0.1, 0.15) is 11.6 Å². The largest absolute Gasteiger partial charge is 0.491 e. The van der Waals surface area contributed by atoms with Crippen molar-refractivity contribution >= 4 is 51.5 Å². The standard InChI is InChI=1S/C18H16Cl3N3O/c1-2-25-17-13(20)7-11(8-14(17)21)10-22-18-12-5-3-4-6-15(12)23-16(9-19)24-18/h3-8H,2,9-10H2,1H3,(H,22,23,24). The summed E-state index contributed by atoms with van der Waals surface area (Å²) in [5.74, 6) is 2.06. The first-order valence-corrected chi connectivity index (χ1v) is 9.07. The van der Waals surface area contributed by atoms with E-state index < -0.39 is 0 Å². The predicted octanol–water partition coefficient (Wildman–Crippen LogP) is 5.69. The molecule has 0 radical (unpaired) electrons. The van der Waals surface area contributed by atoms with Crippen LogP contribution >= 0.6 is 34.8 Å². The van der Waals surface area contributed by atoms with Crippen molar-refractivity contribution in [2.75, 3.05) is 11.9 Å². The van der Waals surface area contributed by atoms with Gasteiger partial charge in [0, 0.05) is 11.9 Å². The van der Waals surface area contributed by atoms with Crippen LogP contribution in [-0.4, -0.2) is 16.6 Å². The Morgan fingerprint density at radius 1 is 1.08 bits per heavy atom. The Kier molecular flexibility index (Phi) is 5.84. The molecule has 1 heterocycles. The van der Waals surface area contributed by atoms with Crippen molar-refractivity contribution in [2.45, 2.75) is 19.3 Å². The highest BCUT2D eigenvalue weighted by Gasteiger charge is 2.11. The number of nitrogens with one attached hydrogen (secondary N) is 1. The number of fused-ring (bicyclic) bond motifs is 1. The molecule has 4 nitrogen and oxygen atoms in total. The molecule has 0 spiro atoms. The maximum absolute atomic E-state index is 6.26. The molecule has 0 aliphatic carbocycles. The van der Waals surface area contributed by atoms with Crippen LogP contribution in [0.15, 0.2) is 36.4 Å². The first-order valence-electron chi connectivity index (χ1n) is 7.78. The quantitative estimate of drug-likeness (QED) is 0.544. The molecular formula is C18H16Cl3N3O. The van der Waals surface area contributed by atoms with Gasteiger partial charge in [-0.15, -0.1) is 11.6 Å². The van der Waals surface area contributed by atoms with Crippen LogP contribution in [0.4, 0.5) is 5.82 Å². The zero-order chi connectivity index (χ0) is 17.8. The number of anilines is 1. The molecule has 1 N–H and O–H groups in total. The average Bonchev–Trinajstić information content (AvgIpc) is 2.62. The SMILES string of the molecule is CCOc1c(Cl)cc(CNc2nc(CCl)nc3ccccc23)cc1Cl. The van der Waals surface area contributed by atoms with Crippen LogP contribution in [-0.2, 0) is 12.4 Å². The van der Waals surface area contributed by atoms with Crippen molar-refractivity contribution in [2.24, 2.45) is 0 Å². The highest BCUT2D eigenvalue weighted by atomic mass is 35.5. The second-order valence-electron chi connectivity index (χ2n) is 5.31. The third-order valence-corrected chi connectivity index (χ3v) is 4.38. The summed E-state index contributed by atoms with van der Waals surface area (Å²) in [6.45, 7) is 2.90. The number of alkyl halides is 1. The topological polar surface area (TPSA) is 47.0 Å². The minimum atomic E-state index is 0.250. The van der Waals surface area contributed by atoms with E-state index in [0.717, 1.165) is 22.3 Å². The summed E-state index contributed by atoms with van der Waals surface area (Å²) in [4.78, 5) is 8.91. The molecule has 0 atom stereocenters. The molecule has 0 fully saturated rings. The van der Waals surface area contributed by atoms with Gasteiger partial charge in [-0.25, -0.2) is 9.97 Å². The molecule has 3 aromatic rings. The van der Waals surface area contributed by atoms with E-state index in [-0.39, 0.29) is 5.88 Å². The summed E-state index contributed by atoms with van der Waals surface area (Å²) < 4.78 is 5.45. The number of nitrogens with zero attached hydrogens (tertiary/aromatic N) is 2. The number of benzene rings is 2. The second kappa shape index (κ2) is 8.09. The zero-order valence-corrected chi connectivity index (χ0v) is 15.8. The van der Waals surface area contributed by atoms with Crippen LogP contribution < -0.4 is 10.1 Å². The smallest absolute Gasteiger partial charge is 0.156 e. The number of hydrogen-bond donors (Lipinski definition) is 1. The Morgan fingerprint density at radius 3 is 2.48 bits per heavy atom. The van der Waals surface area contributed by atoms with Crippen LogP contribution in [0, 0.1) is 0 Å². The number of halogens is 3. The van der Waals surface area contributed by atoms with Crippen LogP contribution in [0.25, 0.3) is 10.9 Å². The first kappa shape index (κ1) is 18.1. The van der Waals surface area contributed by atoms with Crippen LogP contribution in [0.2, 0.25) is 10.0 Å². The normalized spacial score (nSPS) is 10.9. The first-order chi connectivity index (χ1) is 12.1. The van der Waals surface area contributed by atoms with Gasteiger partial charge in [-0.2, -0.15) is 0 Å². The second-order valence-corrected chi connectivity index (χ2v) is 6.40. The Morgan fingerprint density at radius 2 is 1.80 bits per heavy atom. The zero-order valence-electron chi connectivity index (χ0n) is 13.5. The lowest BCUT2D eigenvalue weighted by atomic mass is 10.2. The number of hydrogen-bond acceptors (Lipinski definition) is 4. The molecule has 0 aliphatic rings. The summed E-state index contributed by atoms with van der Waals surface area (Å²) in [7, 11) is 0. The molecule has 130 valence electrons. The van der Waals surface area contributed by atoms with Crippen LogP contribution in [0.3, 0.4) is 0 Å². The molecule has 2 aromatic carbocycles. The van der Waals surface area contributed by atoms with Crippen molar-refractivity contribution < 1.29 is 4.74 Å². The van der Waals surface area contributed by atoms with Gasteiger partial charge in [0.15, 0.2) is 5.75 Å². The molecule has 3 rings (SSSR count).